The van der Waals surface area contributed by atoms with Gasteiger partial charge in [0, 0.05) is 18.4 Å². The number of pyridine rings is 1. The molecule has 0 aliphatic carbocycles. The van der Waals surface area contributed by atoms with Gasteiger partial charge in [0.05, 0.1) is 17.7 Å². The van der Waals surface area contributed by atoms with Gasteiger partial charge in [-0.3, -0.25) is 0 Å². The summed E-state index contributed by atoms with van der Waals surface area (Å²) in [5, 5.41) is 3.72. The maximum Gasteiger partial charge on any atom is 0.128 e. The molecule has 1 heterocycles. The molecule has 0 spiro atoms. The molecule has 0 radical (unpaired) electrons. The number of nitrogens with zero attached hydrogens (tertiary/aromatic N) is 1. The summed E-state index contributed by atoms with van der Waals surface area (Å²) in [5.74, 6) is 0.490. The summed E-state index contributed by atoms with van der Waals surface area (Å²) in [5.41, 5.74) is 6.69. The molecule has 0 amide bonds. The van der Waals surface area contributed by atoms with Gasteiger partial charge in [0.1, 0.15) is 5.82 Å². The van der Waals surface area contributed by atoms with Crippen LogP contribution in [-0.2, 0) is 4.74 Å². The summed E-state index contributed by atoms with van der Waals surface area (Å²) in [4.78, 5) is 4.03. The van der Waals surface area contributed by atoms with Crippen molar-refractivity contribution in [1.29, 1.82) is 0 Å². The van der Waals surface area contributed by atoms with Crippen molar-refractivity contribution in [2.75, 3.05) is 26.0 Å². The fourth-order valence-corrected chi connectivity index (χ4v) is 1.59. The lowest BCUT2D eigenvalue weighted by Crippen LogP contribution is -2.23. The van der Waals surface area contributed by atoms with Gasteiger partial charge in [-0.15, -0.1) is 0 Å². The molecule has 1 aromatic rings. The van der Waals surface area contributed by atoms with Gasteiger partial charge in [0.25, 0.3) is 0 Å². The predicted octanol–water partition coefficient (Wildman–Crippen LogP) is 2.00. The summed E-state index contributed by atoms with van der Waals surface area (Å²) in [6.07, 6.45) is 2.54. The Bertz CT molecular complexity index is 333. The number of hydrogen-bond donors (Lipinski definition) is 2. The summed E-state index contributed by atoms with van der Waals surface area (Å²) >= 11 is 5.89. The van der Waals surface area contributed by atoms with Crippen molar-refractivity contribution >= 4 is 17.4 Å². The topological polar surface area (TPSA) is 60.2 Å². The van der Waals surface area contributed by atoms with E-state index in [1.165, 1.54) is 0 Å². The standard InChI is InChI=1S/C11H18ClN3O/c1-3-4-16-7-10(14-2)9-5-8(12)6-15-11(9)13/h5-6,10,14H,3-4,7H2,1-2H3,(H2,13,15). The maximum absolute atomic E-state index is 5.89. The maximum atomic E-state index is 5.89. The van der Waals surface area contributed by atoms with Crippen LogP contribution in [0.1, 0.15) is 24.9 Å². The second-order valence-electron chi connectivity index (χ2n) is 3.54. The van der Waals surface area contributed by atoms with E-state index >= 15 is 0 Å². The van der Waals surface area contributed by atoms with Gasteiger partial charge < -0.3 is 15.8 Å². The van der Waals surface area contributed by atoms with E-state index < -0.39 is 0 Å². The highest BCUT2D eigenvalue weighted by molar-refractivity contribution is 6.30. The number of aromatic nitrogens is 1. The van der Waals surface area contributed by atoms with Crippen LogP contribution >= 0.6 is 11.6 Å². The Balaban J connectivity index is 2.73. The van der Waals surface area contributed by atoms with E-state index in [1.54, 1.807) is 6.20 Å². The monoisotopic (exact) mass is 243 g/mol. The average Bonchev–Trinajstić information content (AvgIpc) is 2.28. The largest absolute Gasteiger partial charge is 0.383 e. The molecule has 0 aromatic carbocycles. The van der Waals surface area contributed by atoms with Gasteiger partial charge in [-0.25, -0.2) is 4.98 Å². The van der Waals surface area contributed by atoms with E-state index in [4.69, 9.17) is 22.1 Å². The highest BCUT2D eigenvalue weighted by Crippen LogP contribution is 2.22. The first-order valence-corrected chi connectivity index (χ1v) is 5.72. The second-order valence-corrected chi connectivity index (χ2v) is 3.98. The number of ether oxygens (including phenoxy) is 1. The molecular weight excluding hydrogens is 226 g/mol. The summed E-state index contributed by atoms with van der Waals surface area (Å²) in [6.45, 7) is 3.38. The molecule has 1 rings (SSSR count). The molecule has 90 valence electrons. The molecule has 1 aromatic heterocycles. The number of halogens is 1. The smallest absolute Gasteiger partial charge is 0.128 e. The van der Waals surface area contributed by atoms with Crippen LogP contribution in [0.25, 0.3) is 0 Å². The Morgan fingerprint density at radius 3 is 3.00 bits per heavy atom. The molecule has 5 heteroatoms. The predicted molar refractivity (Wildman–Crippen MR) is 66.6 cm³/mol. The zero-order chi connectivity index (χ0) is 12.0. The first-order valence-electron chi connectivity index (χ1n) is 5.35. The number of rotatable bonds is 6. The first kappa shape index (κ1) is 13.2. The second kappa shape index (κ2) is 6.68. The molecule has 1 unspecified atom stereocenters. The van der Waals surface area contributed by atoms with Crippen LogP contribution in [-0.4, -0.2) is 25.2 Å². The van der Waals surface area contributed by atoms with Gasteiger partial charge in [-0.2, -0.15) is 0 Å². The minimum absolute atomic E-state index is 0.0257. The summed E-state index contributed by atoms with van der Waals surface area (Å²) in [6, 6.07) is 1.85. The van der Waals surface area contributed by atoms with Crippen LogP contribution in [0.4, 0.5) is 5.82 Å². The van der Waals surface area contributed by atoms with Crippen molar-refractivity contribution in [2.45, 2.75) is 19.4 Å². The SMILES string of the molecule is CCCOCC(NC)c1cc(Cl)cnc1N. The Morgan fingerprint density at radius 2 is 2.38 bits per heavy atom. The number of nitrogens with two attached hydrogens (primary N) is 1. The lowest BCUT2D eigenvalue weighted by Gasteiger charge is -2.18. The number of hydrogen-bond acceptors (Lipinski definition) is 4. The molecule has 16 heavy (non-hydrogen) atoms. The van der Waals surface area contributed by atoms with Crippen molar-refractivity contribution in [3.8, 4) is 0 Å². The zero-order valence-corrected chi connectivity index (χ0v) is 10.4. The third-order valence-corrected chi connectivity index (χ3v) is 2.48. The van der Waals surface area contributed by atoms with E-state index in [-0.39, 0.29) is 6.04 Å². The molecule has 3 N–H and O–H groups in total. The molecule has 0 aliphatic rings. The van der Waals surface area contributed by atoms with E-state index in [9.17, 15) is 0 Å². The molecule has 0 saturated carbocycles. The number of nitrogen functional groups attached to an aromatic ring is 1. The van der Waals surface area contributed by atoms with E-state index in [1.807, 2.05) is 13.1 Å². The van der Waals surface area contributed by atoms with Gasteiger partial charge >= 0.3 is 0 Å². The molecule has 0 bridgehead atoms. The molecule has 0 fully saturated rings. The van der Waals surface area contributed by atoms with Crippen molar-refractivity contribution in [3.05, 3.63) is 22.8 Å². The minimum Gasteiger partial charge on any atom is -0.383 e. The Morgan fingerprint density at radius 1 is 1.62 bits per heavy atom. The number of likely N-dealkylation sites (N-methyl/N-ethyl adjacent to an activating group) is 1. The highest BCUT2D eigenvalue weighted by atomic mass is 35.5. The lowest BCUT2D eigenvalue weighted by molar-refractivity contribution is 0.114. The minimum atomic E-state index is 0.0257. The van der Waals surface area contributed by atoms with Crippen LogP contribution in [0.15, 0.2) is 12.3 Å². The fourth-order valence-electron chi connectivity index (χ4n) is 1.42. The third-order valence-electron chi connectivity index (χ3n) is 2.27. The van der Waals surface area contributed by atoms with Gasteiger partial charge in [-0.1, -0.05) is 18.5 Å². The molecule has 0 saturated heterocycles. The van der Waals surface area contributed by atoms with Crippen LogP contribution in [0, 0.1) is 0 Å². The van der Waals surface area contributed by atoms with Crippen LogP contribution in [0.5, 0.6) is 0 Å². The molecular formula is C11H18ClN3O. The first-order chi connectivity index (χ1) is 7.69. The van der Waals surface area contributed by atoms with Gasteiger partial charge in [0.15, 0.2) is 0 Å². The van der Waals surface area contributed by atoms with Gasteiger partial charge in [0.2, 0.25) is 0 Å². The Hall–Kier alpha value is -0.840. The third kappa shape index (κ3) is 3.63. The Kier molecular flexibility index (Phi) is 5.52. The van der Waals surface area contributed by atoms with Crippen molar-refractivity contribution in [2.24, 2.45) is 0 Å². The van der Waals surface area contributed by atoms with Crippen molar-refractivity contribution in [3.63, 3.8) is 0 Å². The summed E-state index contributed by atoms with van der Waals surface area (Å²) < 4.78 is 5.50. The van der Waals surface area contributed by atoms with Crippen molar-refractivity contribution in [1.82, 2.24) is 10.3 Å². The zero-order valence-electron chi connectivity index (χ0n) is 9.66. The van der Waals surface area contributed by atoms with E-state index in [0.717, 1.165) is 18.6 Å². The van der Waals surface area contributed by atoms with Gasteiger partial charge in [-0.05, 0) is 19.5 Å². The van der Waals surface area contributed by atoms with Crippen molar-refractivity contribution < 1.29 is 4.74 Å². The van der Waals surface area contributed by atoms with E-state index in [2.05, 4.69) is 17.2 Å². The number of anilines is 1. The highest BCUT2D eigenvalue weighted by Gasteiger charge is 2.13. The van der Waals surface area contributed by atoms with E-state index in [0.29, 0.717) is 17.4 Å². The molecule has 1 atom stereocenters. The molecule has 4 nitrogen and oxygen atoms in total. The van der Waals surface area contributed by atoms with Crippen LogP contribution < -0.4 is 11.1 Å². The normalized spacial score (nSPS) is 12.7. The molecule has 0 aliphatic heterocycles. The lowest BCUT2D eigenvalue weighted by atomic mass is 10.1. The summed E-state index contributed by atoms with van der Waals surface area (Å²) in [7, 11) is 1.86. The average molecular weight is 244 g/mol. The number of nitrogens with one attached hydrogen (secondary N) is 1. The van der Waals surface area contributed by atoms with Crippen LogP contribution in [0.3, 0.4) is 0 Å². The quantitative estimate of drug-likeness (QED) is 0.751. The van der Waals surface area contributed by atoms with Crippen LogP contribution in [0.2, 0.25) is 5.02 Å². The fraction of sp³-hybridized carbons (Fsp3) is 0.545. The Labute approximate surface area is 101 Å².